The fraction of sp³-hybridized carbons (Fsp3) is 0.0952. The summed E-state index contributed by atoms with van der Waals surface area (Å²) in [6.07, 6.45) is 1.72. The molecular weight excluding hydrogens is 406 g/mol. The number of thiazole rings is 1. The van der Waals surface area contributed by atoms with Crippen LogP contribution in [0.3, 0.4) is 0 Å². The van der Waals surface area contributed by atoms with Crippen LogP contribution in [0, 0.1) is 6.92 Å². The van der Waals surface area contributed by atoms with E-state index in [-0.39, 0.29) is 10.7 Å². The number of aromatic nitrogens is 2. The minimum atomic E-state index is -3.79. The number of fused-ring (bicyclic) bond motifs is 1. The zero-order valence-electron chi connectivity index (χ0n) is 15.7. The number of pyridine rings is 1. The molecule has 0 aliphatic heterocycles. The van der Waals surface area contributed by atoms with E-state index in [1.807, 2.05) is 25.1 Å². The molecular formula is C21H17N3O3S2. The van der Waals surface area contributed by atoms with E-state index in [1.165, 1.54) is 42.5 Å². The van der Waals surface area contributed by atoms with E-state index in [2.05, 4.69) is 14.7 Å². The van der Waals surface area contributed by atoms with Crippen LogP contribution in [-0.2, 0) is 10.0 Å². The second kappa shape index (κ2) is 7.38. The second-order valence-corrected chi connectivity index (χ2v) is 9.17. The molecule has 0 saturated heterocycles. The number of rotatable bonds is 5. The largest absolute Gasteiger partial charge is 0.295 e. The van der Waals surface area contributed by atoms with Crippen LogP contribution in [0.15, 0.2) is 65.7 Å². The molecule has 0 spiro atoms. The van der Waals surface area contributed by atoms with Gasteiger partial charge in [-0.05, 0) is 49.7 Å². The van der Waals surface area contributed by atoms with Crippen LogP contribution >= 0.6 is 11.3 Å². The summed E-state index contributed by atoms with van der Waals surface area (Å²) in [5, 5.41) is 0.781. The second-order valence-electron chi connectivity index (χ2n) is 6.51. The number of anilines is 1. The molecule has 0 unspecified atom stereocenters. The molecule has 0 aliphatic carbocycles. The maximum Gasteiger partial charge on any atom is 0.261 e. The minimum absolute atomic E-state index is 0.0940. The average molecular weight is 424 g/mol. The Labute approximate surface area is 172 Å². The van der Waals surface area contributed by atoms with Gasteiger partial charge in [-0.1, -0.05) is 35.6 Å². The highest BCUT2D eigenvalue weighted by Crippen LogP contribution is 2.34. The van der Waals surface area contributed by atoms with Crippen LogP contribution in [-0.4, -0.2) is 24.2 Å². The molecule has 0 fully saturated rings. The molecule has 6 nitrogen and oxygen atoms in total. The van der Waals surface area contributed by atoms with Crippen LogP contribution < -0.4 is 4.72 Å². The first-order valence-corrected chi connectivity index (χ1v) is 11.1. The number of carbonyl (C=O) groups excluding carboxylic acids is 1. The lowest BCUT2D eigenvalue weighted by atomic mass is 10.1. The van der Waals surface area contributed by atoms with Gasteiger partial charge >= 0.3 is 0 Å². The smallest absolute Gasteiger partial charge is 0.261 e. The van der Waals surface area contributed by atoms with Crippen molar-refractivity contribution in [3.63, 3.8) is 0 Å². The summed E-state index contributed by atoms with van der Waals surface area (Å²) in [5.41, 5.74) is 3.37. The fourth-order valence-corrected chi connectivity index (χ4v) is 5.05. The minimum Gasteiger partial charge on any atom is -0.295 e. The number of sulfonamides is 1. The van der Waals surface area contributed by atoms with Gasteiger partial charge in [0.1, 0.15) is 15.4 Å². The van der Waals surface area contributed by atoms with Gasteiger partial charge in [0.05, 0.1) is 10.6 Å². The first kappa shape index (κ1) is 19.2. The molecule has 0 atom stereocenters. The molecule has 2 aromatic carbocycles. The van der Waals surface area contributed by atoms with Crippen LogP contribution in [0.25, 0.3) is 20.9 Å². The molecule has 4 aromatic rings. The Balaban J connectivity index is 1.69. The van der Waals surface area contributed by atoms with E-state index in [0.29, 0.717) is 11.3 Å². The van der Waals surface area contributed by atoms with Crippen LogP contribution in [0.2, 0.25) is 0 Å². The van der Waals surface area contributed by atoms with Gasteiger partial charge in [-0.3, -0.25) is 9.52 Å². The van der Waals surface area contributed by atoms with Crippen molar-refractivity contribution in [3.05, 3.63) is 71.9 Å². The summed E-state index contributed by atoms with van der Waals surface area (Å²) >= 11 is 1.46. The highest BCUT2D eigenvalue weighted by Gasteiger charge is 2.18. The van der Waals surface area contributed by atoms with Crippen LogP contribution in [0.5, 0.6) is 0 Å². The van der Waals surface area contributed by atoms with E-state index < -0.39 is 10.0 Å². The Morgan fingerprint density at radius 1 is 1.03 bits per heavy atom. The van der Waals surface area contributed by atoms with Crippen molar-refractivity contribution < 1.29 is 13.2 Å². The molecule has 2 aromatic heterocycles. The number of benzene rings is 2. The summed E-state index contributed by atoms with van der Waals surface area (Å²) in [6.45, 7) is 3.29. The zero-order chi connectivity index (χ0) is 20.6. The lowest BCUT2D eigenvalue weighted by molar-refractivity contribution is 0.101. The normalized spacial score (nSPS) is 11.5. The predicted molar refractivity (Wildman–Crippen MR) is 115 cm³/mol. The topological polar surface area (TPSA) is 89.0 Å². The quantitative estimate of drug-likeness (QED) is 0.471. The maximum atomic E-state index is 12.8. The number of ketones is 1. The summed E-state index contributed by atoms with van der Waals surface area (Å²) in [7, 11) is -3.79. The molecule has 4 rings (SSSR count). The molecule has 2 heterocycles. The van der Waals surface area contributed by atoms with Gasteiger partial charge in [0.15, 0.2) is 5.78 Å². The number of nitrogens with zero attached hydrogens (tertiary/aromatic N) is 2. The van der Waals surface area contributed by atoms with Crippen molar-refractivity contribution in [1.29, 1.82) is 0 Å². The molecule has 1 N–H and O–H groups in total. The van der Waals surface area contributed by atoms with E-state index in [1.54, 1.807) is 18.3 Å². The third-order valence-electron chi connectivity index (χ3n) is 4.55. The van der Waals surface area contributed by atoms with Crippen molar-refractivity contribution in [2.75, 3.05) is 4.72 Å². The van der Waals surface area contributed by atoms with Crippen molar-refractivity contribution in [3.8, 4) is 10.6 Å². The zero-order valence-corrected chi connectivity index (χ0v) is 17.3. The monoisotopic (exact) mass is 423 g/mol. The van der Waals surface area contributed by atoms with Gasteiger partial charge in [-0.15, -0.1) is 0 Å². The highest BCUT2D eigenvalue weighted by molar-refractivity contribution is 7.92. The molecule has 0 bridgehead atoms. The molecule has 0 amide bonds. The van der Waals surface area contributed by atoms with Crippen molar-refractivity contribution in [2.45, 2.75) is 18.7 Å². The Kier molecular flexibility index (Phi) is 4.89. The molecule has 0 aliphatic rings. The molecule has 0 radical (unpaired) electrons. The van der Waals surface area contributed by atoms with E-state index in [4.69, 9.17) is 0 Å². The highest BCUT2D eigenvalue weighted by atomic mass is 32.2. The number of hydrogen-bond donors (Lipinski definition) is 1. The van der Waals surface area contributed by atoms with Gasteiger partial charge in [-0.25, -0.2) is 18.4 Å². The molecule has 29 heavy (non-hydrogen) atoms. The third kappa shape index (κ3) is 3.76. The third-order valence-corrected chi connectivity index (χ3v) is 6.94. The SMILES string of the molecule is CC(=O)c1ccc(S(=O)(=O)Nc2cccc(-c3nc4cccnc4s3)c2C)cc1. The Hall–Kier alpha value is -3.10. The Morgan fingerprint density at radius 3 is 2.48 bits per heavy atom. The van der Waals surface area contributed by atoms with Crippen molar-refractivity contribution >= 4 is 43.2 Å². The van der Waals surface area contributed by atoms with Crippen LogP contribution in [0.4, 0.5) is 5.69 Å². The first-order chi connectivity index (χ1) is 13.8. The summed E-state index contributed by atoms with van der Waals surface area (Å²) in [6, 6.07) is 15.0. The Bertz CT molecular complexity index is 1290. The number of Topliss-reactive ketones (excluding diaryl/α,β-unsaturated/α-hetero) is 1. The van der Waals surface area contributed by atoms with Gasteiger partial charge in [0, 0.05) is 17.3 Å². The molecule has 146 valence electrons. The standard InChI is InChI=1S/C21H17N3O3S2/c1-13-17(20-23-19-7-4-12-22-21(19)28-20)5-3-6-18(13)24-29(26,27)16-10-8-15(9-11-16)14(2)25/h3-12,24H,1-2H3. The lowest BCUT2D eigenvalue weighted by Crippen LogP contribution is -2.14. The van der Waals surface area contributed by atoms with E-state index >= 15 is 0 Å². The molecule has 8 heteroatoms. The number of nitrogens with one attached hydrogen (secondary N) is 1. The molecule has 0 saturated carbocycles. The van der Waals surface area contributed by atoms with Gasteiger partial charge in [-0.2, -0.15) is 0 Å². The fourth-order valence-electron chi connectivity index (χ4n) is 2.94. The average Bonchev–Trinajstić information content (AvgIpc) is 3.13. The van der Waals surface area contributed by atoms with Gasteiger partial charge < -0.3 is 0 Å². The van der Waals surface area contributed by atoms with Crippen LogP contribution in [0.1, 0.15) is 22.8 Å². The number of carbonyl (C=O) groups is 1. The maximum absolute atomic E-state index is 12.8. The van der Waals surface area contributed by atoms with Gasteiger partial charge in [0.2, 0.25) is 0 Å². The Morgan fingerprint density at radius 2 is 1.79 bits per heavy atom. The van der Waals surface area contributed by atoms with Crippen molar-refractivity contribution in [2.24, 2.45) is 0 Å². The van der Waals surface area contributed by atoms with E-state index in [0.717, 1.165) is 26.5 Å². The summed E-state index contributed by atoms with van der Waals surface area (Å²) < 4.78 is 28.3. The summed E-state index contributed by atoms with van der Waals surface area (Å²) in [5.74, 6) is -0.115. The lowest BCUT2D eigenvalue weighted by Gasteiger charge is -2.13. The number of hydrogen-bond acceptors (Lipinski definition) is 6. The van der Waals surface area contributed by atoms with Gasteiger partial charge in [0.25, 0.3) is 10.0 Å². The predicted octanol–water partition coefficient (Wildman–Crippen LogP) is 4.67. The van der Waals surface area contributed by atoms with Crippen molar-refractivity contribution in [1.82, 2.24) is 9.97 Å². The summed E-state index contributed by atoms with van der Waals surface area (Å²) in [4.78, 5) is 21.3. The first-order valence-electron chi connectivity index (χ1n) is 8.80. The van der Waals surface area contributed by atoms with E-state index in [9.17, 15) is 13.2 Å².